The van der Waals surface area contributed by atoms with Crippen molar-refractivity contribution >= 4 is 23.0 Å². The predicted molar refractivity (Wildman–Crippen MR) is 139 cm³/mol. The van der Waals surface area contributed by atoms with E-state index in [1.54, 1.807) is 14.2 Å². The van der Waals surface area contributed by atoms with Crippen LogP contribution in [-0.4, -0.2) is 57.1 Å². The van der Waals surface area contributed by atoms with Crippen LogP contribution in [0.1, 0.15) is 48.9 Å². The Balaban J connectivity index is 1.49. The average molecular weight is 486 g/mol. The highest BCUT2D eigenvalue weighted by molar-refractivity contribution is 6.32. The van der Waals surface area contributed by atoms with Crippen LogP contribution in [0.15, 0.2) is 35.5 Å². The molecule has 2 fully saturated rings. The van der Waals surface area contributed by atoms with E-state index in [4.69, 9.17) is 25.9 Å². The summed E-state index contributed by atoms with van der Waals surface area (Å²) in [7, 11) is 3.22. The summed E-state index contributed by atoms with van der Waals surface area (Å²) in [5.74, 6) is 1.65. The molecule has 0 amide bonds. The third-order valence-corrected chi connectivity index (χ3v) is 7.58. The van der Waals surface area contributed by atoms with Crippen LogP contribution < -0.4 is 14.4 Å². The number of anilines is 1. The molecule has 0 aromatic heterocycles. The van der Waals surface area contributed by atoms with Crippen LogP contribution in [0.25, 0.3) is 0 Å². The molecule has 0 saturated carbocycles. The van der Waals surface area contributed by atoms with Gasteiger partial charge in [-0.05, 0) is 74.9 Å². The maximum Gasteiger partial charge on any atom is 0.139 e. The molecule has 0 aliphatic carbocycles. The maximum absolute atomic E-state index is 6.25. The lowest BCUT2D eigenvalue weighted by Gasteiger charge is -2.49. The summed E-state index contributed by atoms with van der Waals surface area (Å²) in [5.41, 5.74) is 5.96. The molecule has 2 aromatic rings. The number of methoxy groups -OCH3 is 1. The normalized spacial score (nSPS) is 21.2. The number of piperazine rings is 1. The van der Waals surface area contributed by atoms with Gasteiger partial charge in [0.15, 0.2) is 0 Å². The van der Waals surface area contributed by atoms with E-state index in [2.05, 4.69) is 53.1 Å². The van der Waals surface area contributed by atoms with Crippen LogP contribution in [0.2, 0.25) is 5.02 Å². The van der Waals surface area contributed by atoms with Crippen LogP contribution in [0.5, 0.6) is 11.5 Å². The molecule has 34 heavy (non-hydrogen) atoms. The molecule has 6 nitrogen and oxygen atoms in total. The lowest BCUT2D eigenvalue weighted by molar-refractivity contribution is 0.0712. The van der Waals surface area contributed by atoms with E-state index in [1.807, 2.05) is 13.0 Å². The van der Waals surface area contributed by atoms with Gasteiger partial charge in [-0.1, -0.05) is 22.8 Å². The minimum absolute atomic E-state index is 0.427. The van der Waals surface area contributed by atoms with Crippen LogP contribution in [-0.2, 0) is 4.84 Å². The Morgan fingerprint density at radius 3 is 2.65 bits per heavy atom. The monoisotopic (exact) mass is 485 g/mol. The molecule has 7 heteroatoms. The summed E-state index contributed by atoms with van der Waals surface area (Å²) in [5, 5.41) is 4.59. The van der Waals surface area contributed by atoms with Gasteiger partial charge in [-0.3, -0.25) is 4.90 Å². The molecule has 4 rings (SSSR count). The van der Waals surface area contributed by atoms with Gasteiger partial charge in [0, 0.05) is 43.5 Å². The van der Waals surface area contributed by atoms with Gasteiger partial charge in [0.1, 0.15) is 25.2 Å². The van der Waals surface area contributed by atoms with Gasteiger partial charge in [-0.15, -0.1) is 0 Å². The van der Waals surface area contributed by atoms with E-state index in [9.17, 15) is 0 Å². The quantitative estimate of drug-likeness (QED) is 0.367. The van der Waals surface area contributed by atoms with Gasteiger partial charge in [-0.2, -0.15) is 0 Å². The zero-order valence-electron chi connectivity index (χ0n) is 20.9. The number of fused-ring (bicyclic) bond motifs is 1. The number of rotatable bonds is 7. The van der Waals surface area contributed by atoms with Crippen molar-refractivity contribution < 1.29 is 14.3 Å². The summed E-state index contributed by atoms with van der Waals surface area (Å²) < 4.78 is 11.5. The standard InChI is InChI=1S/C27H36ClN3O3/c1-18(29-33-5)17-34-26-12-10-23(19(2)20(26)3)25-8-6-7-22-16-30(13-14-31(22)25)21-9-11-24(28)27(15-21)32-4/h9-12,15,22,25H,6-8,13-14,16-17H2,1-5H3/b29-18+/t22-,25+/m0/s1. The number of piperidine rings is 1. The molecule has 2 atom stereocenters. The fourth-order valence-electron chi connectivity index (χ4n) is 5.36. The molecule has 2 heterocycles. The molecule has 0 bridgehead atoms. The molecule has 2 saturated heterocycles. The van der Waals surface area contributed by atoms with Crippen molar-refractivity contribution in [1.82, 2.24) is 4.90 Å². The number of benzene rings is 2. The minimum Gasteiger partial charge on any atom is -0.495 e. The van der Waals surface area contributed by atoms with E-state index in [0.29, 0.717) is 23.7 Å². The van der Waals surface area contributed by atoms with Gasteiger partial charge < -0.3 is 19.2 Å². The summed E-state index contributed by atoms with van der Waals surface area (Å²) in [6.45, 7) is 9.78. The summed E-state index contributed by atoms with van der Waals surface area (Å²) in [6.07, 6.45) is 3.67. The van der Waals surface area contributed by atoms with E-state index < -0.39 is 0 Å². The van der Waals surface area contributed by atoms with Crippen LogP contribution in [0, 0.1) is 13.8 Å². The molecule has 0 spiro atoms. The first-order valence-corrected chi connectivity index (χ1v) is 12.4. The van der Waals surface area contributed by atoms with E-state index in [0.717, 1.165) is 36.8 Å². The average Bonchev–Trinajstić information content (AvgIpc) is 2.85. The summed E-state index contributed by atoms with van der Waals surface area (Å²) >= 11 is 6.25. The Hall–Kier alpha value is -2.44. The van der Waals surface area contributed by atoms with Crippen molar-refractivity contribution in [3.8, 4) is 11.5 Å². The van der Waals surface area contributed by atoms with E-state index in [1.165, 1.54) is 41.6 Å². The molecular weight excluding hydrogens is 450 g/mol. The molecule has 2 aliphatic heterocycles. The summed E-state index contributed by atoms with van der Waals surface area (Å²) in [4.78, 5) is 10.0. The maximum atomic E-state index is 6.25. The first kappa shape index (κ1) is 24.7. The van der Waals surface area contributed by atoms with Crippen LogP contribution >= 0.6 is 11.6 Å². The molecular formula is C27H36ClN3O3. The lowest BCUT2D eigenvalue weighted by Crippen LogP contribution is -2.56. The first-order chi connectivity index (χ1) is 16.4. The van der Waals surface area contributed by atoms with E-state index >= 15 is 0 Å². The van der Waals surface area contributed by atoms with Crippen molar-refractivity contribution in [2.75, 3.05) is 45.4 Å². The Labute approximate surface area is 208 Å². The van der Waals surface area contributed by atoms with Crippen molar-refractivity contribution in [3.63, 3.8) is 0 Å². The number of hydrogen-bond donors (Lipinski definition) is 0. The number of nitrogens with zero attached hydrogens (tertiary/aromatic N) is 3. The smallest absolute Gasteiger partial charge is 0.139 e. The largest absolute Gasteiger partial charge is 0.495 e. The van der Waals surface area contributed by atoms with Crippen molar-refractivity contribution in [2.24, 2.45) is 5.16 Å². The Kier molecular flexibility index (Phi) is 7.89. The zero-order valence-corrected chi connectivity index (χ0v) is 21.7. The highest BCUT2D eigenvalue weighted by atomic mass is 35.5. The fraction of sp³-hybridized carbons (Fsp3) is 0.519. The highest BCUT2D eigenvalue weighted by Crippen LogP contribution is 2.40. The topological polar surface area (TPSA) is 46.5 Å². The molecule has 0 unspecified atom stereocenters. The number of ether oxygens (including phenoxy) is 2. The van der Waals surface area contributed by atoms with Crippen LogP contribution in [0.4, 0.5) is 5.69 Å². The predicted octanol–water partition coefficient (Wildman–Crippen LogP) is 5.78. The molecule has 0 N–H and O–H groups in total. The van der Waals surface area contributed by atoms with Crippen molar-refractivity contribution in [3.05, 3.63) is 52.0 Å². The second-order valence-corrected chi connectivity index (χ2v) is 9.71. The highest BCUT2D eigenvalue weighted by Gasteiger charge is 2.36. The number of hydrogen-bond acceptors (Lipinski definition) is 6. The number of halogens is 1. The zero-order chi connectivity index (χ0) is 24.2. The third kappa shape index (κ3) is 5.13. The Bertz CT molecular complexity index is 1040. The molecule has 0 radical (unpaired) electrons. The van der Waals surface area contributed by atoms with Gasteiger partial charge in [-0.25, -0.2) is 0 Å². The van der Waals surface area contributed by atoms with Crippen LogP contribution in [0.3, 0.4) is 0 Å². The third-order valence-electron chi connectivity index (χ3n) is 7.27. The minimum atomic E-state index is 0.427. The summed E-state index contributed by atoms with van der Waals surface area (Å²) in [6, 6.07) is 11.5. The Morgan fingerprint density at radius 1 is 1.06 bits per heavy atom. The molecule has 184 valence electrons. The molecule has 2 aromatic carbocycles. The number of oxime groups is 1. The Morgan fingerprint density at radius 2 is 1.88 bits per heavy atom. The van der Waals surface area contributed by atoms with Gasteiger partial charge >= 0.3 is 0 Å². The second-order valence-electron chi connectivity index (χ2n) is 9.30. The first-order valence-electron chi connectivity index (χ1n) is 12.1. The second kappa shape index (κ2) is 10.9. The van der Waals surface area contributed by atoms with Gasteiger partial charge in [0.25, 0.3) is 0 Å². The fourth-order valence-corrected chi connectivity index (χ4v) is 5.56. The lowest BCUT2D eigenvalue weighted by atomic mass is 9.86. The van der Waals surface area contributed by atoms with Crippen molar-refractivity contribution in [2.45, 2.75) is 52.1 Å². The van der Waals surface area contributed by atoms with Gasteiger partial charge in [0.05, 0.1) is 17.8 Å². The SMILES string of the molecule is CO/N=C(\C)COc1ccc([C@H]2CCC[C@H]3CN(c4ccc(Cl)c(OC)c4)CCN32)c(C)c1C. The molecule has 2 aliphatic rings. The van der Waals surface area contributed by atoms with Gasteiger partial charge in [0.2, 0.25) is 0 Å². The van der Waals surface area contributed by atoms with Crippen molar-refractivity contribution in [1.29, 1.82) is 0 Å². The van der Waals surface area contributed by atoms with E-state index in [-0.39, 0.29) is 0 Å².